The quantitative estimate of drug-likeness (QED) is 0.526. The Morgan fingerprint density at radius 1 is 1.40 bits per heavy atom. The van der Waals surface area contributed by atoms with E-state index in [1.54, 1.807) is 12.0 Å². The van der Waals surface area contributed by atoms with Crippen molar-refractivity contribution >= 4 is 0 Å². The van der Waals surface area contributed by atoms with Crippen LogP contribution in [0.15, 0.2) is 0 Å². The Kier molecular flexibility index (Phi) is 3.72. The SMILES string of the molecule is COCC[NH+]1CCOCC1. The average Bonchev–Trinajstić information content (AvgIpc) is 2.03. The second kappa shape index (κ2) is 4.66. The molecule has 1 aliphatic rings. The maximum absolute atomic E-state index is 5.22. The molecule has 1 aliphatic heterocycles. The van der Waals surface area contributed by atoms with Crippen LogP contribution in [-0.2, 0) is 9.47 Å². The van der Waals surface area contributed by atoms with Gasteiger partial charge in [0.2, 0.25) is 0 Å². The van der Waals surface area contributed by atoms with Crippen molar-refractivity contribution in [1.29, 1.82) is 0 Å². The molecule has 0 aliphatic carbocycles. The molecule has 60 valence electrons. The summed E-state index contributed by atoms with van der Waals surface area (Å²) in [6.07, 6.45) is 0. The normalized spacial score (nSPS) is 21.3. The number of methoxy groups -OCH3 is 1. The first-order valence-electron chi connectivity index (χ1n) is 3.83. The number of quaternary nitrogens is 1. The molecule has 0 radical (unpaired) electrons. The Morgan fingerprint density at radius 3 is 2.70 bits per heavy atom. The highest BCUT2D eigenvalue weighted by Crippen LogP contribution is 1.74. The zero-order valence-electron chi connectivity index (χ0n) is 6.56. The smallest absolute Gasteiger partial charge is 0.101 e. The molecule has 3 heteroatoms. The van der Waals surface area contributed by atoms with Crippen molar-refractivity contribution in [3.05, 3.63) is 0 Å². The average molecular weight is 146 g/mol. The molecule has 0 aromatic heterocycles. The standard InChI is InChI=1S/C7H15NO2/c1-9-5-2-8-3-6-10-7-4-8/h2-7H2,1H3/p+1. The van der Waals surface area contributed by atoms with Gasteiger partial charge in [0.15, 0.2) is 0 Å². The largest absolute Gasteiger partial charge is 0.379 e. The van der Waals surface area contributed by atoms with Crippen LogP contribution < -0.4 is 4.90 Å². The molecule has 1 N–H and O–H groups in total. The summed E-state index contributed by atoms with van der Waals surface area (Å²) in [7, 11) is 1.75. The zero-order chi connectivity index (χ0) is 7.23. The Bertz CT molecular complexity index is 81.7. The van der Waals surface area contributed by atoms with Crippen LogP contribution in [0.4, 0.5) is 0 Å². The van der Waals surface area contributed by atoms with E-state index in [9.17, 15) is 0 Å². The third kappa shape index (κ3) is 2.64. The van der Waals surface area contributed by atoms with Gasteiger partial charge in [-0.3, -0.25) is 0 Å². The van der Waals surface area contributed by atoms with Gasteiger partial charge in [-0.15, -0.1) is 0 Å². The van der Waals surface area contributed by atoms with E-state index >= 15 is 0 Å². The van der Waals surface area contributed by atoms with Crippen molar-refractivity contribution in [2.75, 3.05) is 46.6 Å². The van der Waals surface area contributed by atoms with Crippen LogP contribution in [0.2, 0.25) is 0 Å². The summed E-state index contributed by atoms with van der Waals surface area (Å²) in [6, 6.07) is 0. The van der Waals surface area contributed by atoms with Crippen LogP contribution >= 0.6 is 0 Å². The summed E-state index contributed by atoms with van der Waals surface area (Å²) in [4.78, 5) is 1.60. The monoisotopic (exact) mass is 146 g/mol. The maximum atomic E-state index is 5.22. The molecular weight excluding hydrogens is 130 g/mol. The Hall–Kier alpha value is -0.120. The summed E-state index contributed by atoms with van der Waals surface area (Å²) >= 11 is 0. The number of hydrogen-bond donors (Lipinski definition) is 1. The Labute approximate surface area is 61.9 Å². The summed E-state index contributed by atoms with van der Waals surface area (Å²) in [5.74, 6) is 0. The van der Waals surface area contributed by atoms with Gasteiger partial charge in [-0.1, -0.05) is 0 Å². The fraction of sp³-hybridized carbons (Fsp3) is 1.00. The molecule has 3 nitrogen and oxygen atoms in total. The molecule has 1 heterocycles. The van der Waals surface area contributed by atoms with E-state index in [-0.39, 0.29) is 0 Å². The fourth-order valence-electron chi connectivity index (χ4n) is 1.16. The van der Waals surface area contributed by atoms with E-state index in [0.717, 1.165) is 39.5 Å². The van der Waals surface area contributed by atoms with E-state index in [1.165, 1.54) is 0 Å². The van der Waals surface area contributed by atoms with Gasteiger partial charge >= 0.3 is 0 Å². The number of rotatable bonds is 3. The summed E-state index contributed by atoms with van der Waals surface area (Å²) in [5.41, 5.74) is 0. The van der Waals surface area contributed by atoms with Crippen molar-refractivity contribution in [2.45, 2.75) is 0 Å². The van der Waals surface area contributed by atoms with Crippen LogP contribution in [0.25, 0.3) is 0 Å². The van der Waals surface area contributed by atoms with Crippen LogP contribution in [0.1, 0.15) is 0 Å². The molecule has 1 fully saturated rings. The van der Waals surface area contributed by atoms with Crippen molar-refractivity contribution in [3.8, 4) is 0 Å². The minimum Gasteiger partial charge on any atom is -0.379 e. The molecule has 0 aromatic carbocycles. The predicted molar refractivity (Wildman–Crippen MR) is 38.3 cm³/mol. The van der Waals surface area contributed by atoms with Crippen LogP contribution in [0, 0.1) is 0 Å². The molecule has 10 heavy (non-hydrogen) atoms. The van der Waals surface area contributed by atoms with Gasteiger partial charge < -0.3 is 14.4 Å². The van der Waals surface area contributed by atoms with E-state index in [2.05, 4.69) is 0 Å². The molecule has 0 unspecified atom stereocenters. The van der Waals surface area contributed by atoms with Gasteiger partial charge in [0.25, 0.3) is 0 Å². The minimum atomic E-state index is 0.870. The van der Waals surface area contributed by atoms with Gasteiger partial charge in [0.1, 0.15) is 19.6 Å². The topological polar surface area (TPSA) is 22.9 Å². The van der Waals surface area contributed by atoms with Crippen molar-refractivity contribution in [1.82, 2.24) is 0 Å². The third-order valence-electron chi connectivity index (χ3n) is 1.86. The molecule has 0 saturated carbocycles. The molecule has 0 aromatic rings. The lowest BCUT2D eigenvalue weighted by molar-refractivity contribution is -0.908. The van der Waals surface area contributed by atoms with Gasteiger partial charge in [-0.25, -0.2) is 0 Å². The van der Waals surface area contributed by atoms with Gasteiger partial charge in [-0.05, 0) is 0 Å². The van der Waals surface area contributed by atoms with Crippen LogP contribution in [0.5, 0.6) is 0 Å². The number of hydrogen-bond acceptors (Lipinski definition) is 2. The molecule has 0 atom stereocenters. The zero-order valence-corrected chi connectivity index (χ0v) is 6.56. The van der Waals surface area contributed by atoms with E-state index in [0.29, 0.717) is 0 Å². The highest BCUT2D eigenvalue weighted by atomic mass is 16.5. The molecule has 0 amide bonds. The fourth-order valence-corrected chi connectivity index (χ4v) is 1.16. The maximum Gasteiger partial charge on any atom is 0.101 e. The number of nitrogens with one attached hydrogen (secondary N) is 1. The third-order valence-corrected chi connectivity index (χ3v) is 1.86. The number of morpholine rings is 1. The first-order chi connectivity index (χ1) is 4.93. The van der Waals surface area contributed by atoms with E-state index in [4.69, 9.17) is 9.47 Å². The van der Waals surface area contributed by atoms with Gasteiger partial charge in [0, 0.05) is 7.11 Å². The highest BCUT2D eigenvalue weighted by molar-refractivity contribution is 4.38. The first-order valence-corrected chi connectivity index (χ1v) is 3.83. The Morgan fingerprint density at radius 2 is 2.10 bits per heavy atom. The van der Waals surface area contributed by atoms with E-state index < -0.39 is 0 Å². The Balaban J connectivity index is 2.02. The summed E-state index contributed by atoms with van der Waals surface area (Å²) in [5, 5.41) is 0. The molecule has 1 saturated heterocycles. The highest BCUT2D eigenvalue weighted by Gasteiger charge is 2.11. The summed E-state index contributed by atoms with van der Waals surface area (Å²) in [6.45, 7) is 6.11. The van der Waals surface area contributed by atoms with Gasteiger partial charge in [-0.2, -0.15) is 0 Å². The van der Waals surface area contributed by atoms with Gasteiger partial charge in [0.05, 0.1) is 19.8 Å². The van der Waals surface area contributed by atoms with Crippen molar-refractivity contribution in [2.24, 2.45) is 0 Å². The number of ether oxygens (including phenoxy) is 2. The second-order valence-electron chi connectivity index (χ2n) is 2.61. The second-order valence-corrected chi connectivity index (χ2v) is 2.61. The first kappa shape index (κ1) is 7.98. The molecule has 0 spiro atoms. The van der Waals surface area contributed by atoms with Crippen LogP contribution in [0.3, 0.4) is 0 Å². The molecule has 1 rings (SSSR count). The van der Waals surface area contributed by atoms with Crippen LogP contribution in [-0.4, -0.2) is 46.6 Å². The lowest BCUT2D eigenvalue weighted by Gasteiger charge is -2.23. The van der Waals surface area contributed by atoms with E-state index in [1.807, 2.05) is 0 Å². The molecule has 0 bridgehead atoms. The summed E-state index contributed by atoms with van der Waals surface area (Å²) < 4.78 is 10.2. The van der Waals surface area contributed by atoms with Crippen molar-refractivity contribution in [3.63, 3.8) is 0 Å². The molecular formula is C7H16NO2+. The van der Waals surface area contributed by atoms with Crippen molar-refractivity contribution < 1.29 is 14.4 Å². The lowest BCUT2D eigenvalue weighted by Crippen LogP contribution is -3.14. The minimum absolute atomic E-state index is 0.870. The predicted octanol–water partition coefficient (Wildman–Crippen LogP) is -1.45. The lowest BCUT2D eigenvalue weighted by atomic mass is 10.4.